The summed E-state index contributed by atoms with van der Waals surface area (Å²) >= 11 is 3.33. The van der Waals surface area contributed by atoms with Gasteiger partial charge in [-0.2, -0.15) is 0 Å². The molecule has 0 radical (unpaired) electrons. The highest BCUT2D eigenvalue weighted by atomic mass is 79.9. The lowest BCUT2D eigenvalue weighted by molar-refractivity contribution is -0.132. The topological polar surface area (TPSA) is 35.5 Å². The molecule has 0 aromatic heterocycles. The Morgan fingerprint density at radius 3 is 2.50 bits per heavy atom. The Morgan fingerprint density at radius 2 is 2.08 bits per heavy atom. The molecule has 4 heteroatoms. The maximum Gasteiger partial charge on any atom is 0.179 e. The van der Waals surface area contributed by atoms with Crippen molar-refractivity contribution in [1.29, 1.82) is 0 Å². The van der Waals surface area contributed by atoms with Gasteiger partial charge in [0, 0.05) is 6.42 Å². The monoisotopic (exact) mass is 236 g/mol. The van der Waals surface area contributed by atoms with Gasteiger partial charge in [0.25, 0.3) is 0 Å². The third kappa shape index (κ3) is 1.87. The summed E-state index contributed by atoms with van der Waals surface area (Å²) in [7, 11) is 0. The van der Waals surface area contributed by atoms with Crippen molar-refractivity contribution in [2.45, 2.75) is 30.9 Å². The van der Waals surface area contributed by atoms with Gasteiger partial charge >= 0.3 is 0 Å². The number of ether oxygens (including phenoxy) is 2. The minimum Gasteiger partial charge on any atom is -0.348 e. The Labute approximate surface area is 80.5 Å². The molecule has 0 unspecified atom stereocenters. The van der Waals surface area contributed by atoms with Gasteiger partial charge in [-0.05, 0) is 6.92 Å². The minimum atomic E-state index is -0.682. The number of hydrogen-bond donors (Lipinski definition) is 0. The van der Waals surface area contributed by atoms with Crippen molar-refractivity contribution in [3.8, 4) is 0 Å². The van der Waals surface area contributed by atoms with E-state index in [1.54, 1.807) is 6.92 Å². The Bertz CT molecular complexity index is 173. The van der Waals surface area contributed by atoms with Crippen molar-refractivity contribution in [1.82, 2.24) is 0 Å². The summed E-state index contributed by atoms with van der Waals surface area (Å²) in [5.41, 5.74) is 0. The number of halogens is 1. The molecule has 0 saturated carbocycles. The largest absolute Gasteiger partial charge is 0.348 e. The molecule has 1 rings (SSSR count). The Balaban J connectivity index is 2.62. The lowest BCUT2D eigenvalue weighted by atomic mass is 10.0. The fourth-order valence-electron chi connectivity index (χ4n) is 1.15. The van der Waals surface area contributed by atoms with Crippen LogP contribution in [0.15, 0.2) is 0 Å². The zero-order valence-electron chi connectivity index (χ0n) is 7.30. The predicted octanol–water partition coefficient (Wildman–Crippen LogP) is 1.49. The Hall–Kier alpha value is 0.0700. The van der Waals surface area contributed by atoms with E-state index in [-0.39, 0.29) is 5.78 Å². The molecule has 0 amide bonds. The van der Waals surface area contributed by atoms with E-state index in [2.05, 4.69) is 15.9 Å². The molecule has 1 fully saturated rings. The number of rotatable bonds is 3. The van der Waals surface area contributed by atoms with Gasteiger partial charge in [-0.15, -0.1) is 0 Å². The number of carbonyl (C=O) groups excluding carboxylic acids is 1. The van der Waals surface area contributed by atoms with E-state index in [9.17, 15) is 4.79 Å². The van der Waals surface area contributed by atoms with Crippen LogP contribution in [-0.4, -0.2) is 29.6 Å². The van der Waals surface area contributed by atoms with Crippen molar-refractivity contribution < 1.29 is 14.3 Å². The van der Waals surface area contributed by atoms with Crippen LogP contribution in [-0.2, 0) is 14.3 Å². The maximum atomic E-state index is 11.4. The average molecular weight is 237 g/mol. The molecule has 0 aromatic carbocycles. The molecule has 0 aromatic rings. The minimum absolute atomic E-state index is 0.106. The summed E-state index contributed by atoms with van der Waals surface area (Å²) in [5.74, 6) is 0.106. The highest BCUT2D eigenvalue weighted by Gasteiger charge is 2.41. The first-order chi connectivity index (χ1) is 5.59. The van der Waals surface area contributed by atoms with Crippen LogP contribution < -0.4 is 0 Å². The van der Waals surface area contributed by atoms with Gasteiger partial charge in [0.05, 0.1) is 13.2 Å². The van der Waals surface area contributed by atoms with Crippen LogP contribution in [0.3, 0.4) is 0 Å². The summed E-state index contributed by atoms with van der Waals surface area (Å²) in [6.45, 7) is 4.76. The van der Waals surface area contributed by atoms with E-state index in [1.807, 2.05) is 6.92 Å². The smallest absolute Gasteiger partial charge is 0.179 e. The van der Waals surface area contributed by atoms with Gasteiger partial charge in [-0.1, -0.05) is 22.9 Å². The van der Waals surface area contributed by atoms with E-state index in [4.69, 9.17) is 9.47 Å². The van der Waals surface area contributed by atoms with Gasteiger partial charge in [0.15, 0.2) is 12.1 Å². The van der Waals surface area contributed by atoms with Crippen LogP contribution in [0.2, 0.25) is 0 Å². The number of alkyl halides is 1. The first kappa shape index (κ1) is 10.2. The zero-order chi connectivity index (χ0) is 9.19. The normalized spacial score (nSPS) is 23.9. The van der Waals surface area contributed by atoms with Gasteiger partial charge in [-0.25, -0.2) is 0 Å². The summed E-state index contributed by atoms with van der Waals surface area (Å²) < 4.78 is 9.82. The molecule has 1 heterocycles. The zero-order valence-corrected chi connectivity index (χ0v) is 8.89. The molecule has 0 bridgehead atoms. The maximum absolute atomic E-state index is 11.4. The quantitative estimate of drug-likeness (QED) is 0.697. The second-order valence-electron chi connectivity index (χ2n) is 2.93. The van der Waals surface area contributed by atoms with Crippen molar-refractivity contribution in [2.24, 2.45) is 0 Å². The summed E-state index contributed by atoms with van der Waals surface area (Å²) in [5, 5.41) is 0. The summed E-state index contributed by atoms with van der Waals surface area (Å²) in [4.78, 5) is 11.4. The van der Waals surface area contributed by atoms with Crippen molar-refractivity contribution in [2.75, 3.05) is 13.2 Å². The number of Topliss-reactive ketones (excluding diaryl/α,β-unsaturated/α-hetero) is 1. The molecular weight excluding hydrogens is 224 g/mol. The van der Waals surface area contributed by atoms with Gasteiger partial charge in [0.1, 0.15) is 4.32 Å². The molecule has 1 aliphatic rings. The third-order valence-electron chi connectivity index (χ3n) is 1.93. The summed E-state index contributed by atoms with van der Waals surface area (Å²) in [6, 6.07) is 0. The highest BCUT2D eigenvalue weighted by Crippen LogP contribution is 2.29. The molecular formula is C8H13BrO3. The van der Waals surface area contributed by atoms with Crippen LogP contribution in [0.25, 0.3) is 0 Å². The average Bonchev–Trinajstić information content (AvgIpc) is 2.55. The first-order valence-corrected chi connectivity index (χ1v) is 4.83. The fraction of sp³-hybridized carbons (Fsp3) is 0.875. The lowest BCUT2D eigenvalue weighted by Crippen LogP contribution is -2.41. The molecule has 0 N–H and O–H groups in total. The van der Waals surface area contributed by atoms with Crippen LogP contribution in [0.1, 0.15) is 20.3 Å². The first-order valence-electron chi connectivity index (χ1n) is 4.04. The molecule has 1 aliphatic heterocycles. The Morgan fingerprint density at radius 1 is 1.58 bits per heavy atom. The third-order valence-corrected chi connectivity index (χ3v) is 2.75. The molecule has 12 heavy (non-hydrogen) atoms. The second-order valence-corrected chi connectivity index (χ2v) is 4.57. The van der Waals surface area contributed by atoms with E-state index in [1.165, 1.54) is 0 Å². The van der Waals surface area contributed by atoms with E-state index < -0.39 is 10.6 Å². The predicted molar refractivity (Wildman–Crippen MR) is 48.3 cm³/mol. The van der Waals surface area contributed by atoms with Crippen LogP contribution in [0, 0.1) is 0 Å². The van der Waals surface area contributed by atoms with Gasteiger partial charge < -0.3 is 9.47 Å². The number of hydrogen-bond acceptors (Lipinski definition) is 3. The van der Waals surface area contributed by atoms with Crippen LogP contribution in [0.5, 0.6) is 0 Å². The van der Waals surface area contributed by atoms with Crippen LogP contribution in [0.4, 0.5) is 0 Å². The molecule has 0 aliphatic carbocycles. The van der Waals surface area contributed by atoms with E-state index in [0.29, 0.717) is 19.6 Å². The van der Waals surface area contributed by atoms with Crippen molar-refractivity contribution in [3.63, 3.8) is 0 Å². The molecule has 70 valence electrons. The lowest BCUT2D eigenvalue weighted by Gasteiger charge is -2.25. The SMILES string of the molecule is CCC(=O)[C@](C)(Br)C1OCCO1. The number of ketones is 1. The standard InChI is InChI=1S/C8H13BrO3/c1-3-6(10)8(2,9)7-11-4-5-12-7/h7H,3-5H2,1-2H3/t8-/m0/s1. The molecule has 1 atom stereocenters. The van der Waals surface area contributed by atoms with Crippen LogP contribution >= 0.6 is 15.9 Å². The Kier molecular flexibility index (Phi) is 3.26. The molecule has 1 saturated heterocycles. The van der Waals surface area contributed by atoms with Crippen molar-refractivity contribution in [3.05, 3.63) is 0 Å². The second kappa shape index (κ2) is 3.85. The molecule has 3 nitrogen and oxygen atoms in total. The number of carbonyl (C=O) groups is 1. The van der Waals surface area contributed by atoms with E-state index in [0.717, 1.165) is 0 Å². The summed E-state index contributed by atoms with van der Waals surface area (Å²) in [6.07, 6.45) is 0.0651. The fourth-order valence-corrected chi connectivity index (χ4v) is 1.69. The molecule has 0 spiro atoms. The van der Waals surface area contributed by atoms with Gasteiger partial charge in [-0.3, -0.25) is 4.79 Å². The highest BCUT2D eigenvalue weighted by molar-refractivity contribution is 9.10. The van der Waals surface area contributed by atoms with Crippen molar-refractivity contribution >= 4 is 21.7 Å². The van der Waals surface area contributed by atoms with E-state index >= 15 is 0 Å². The van der Waals surface area contributed by atoms with Gasteiger partial charge in [0.2, 0.25) is 0 Å².